The number of hydrogen-bond donors (Lipinski definition) is 1. The van der Waals surface area contributed by atoms with Crippen molar-refractivity contribution in [3.8, 4) is 22.8 Å². The van der Waals surface area contributed by atoms with E-state index in [0.29, 0.717) is 30.5 Å². The van der Waals surface area contributed by atoms with Crippen molar-refractivity contribution in [3.05, 3.63) is 83.2 Å². The number of methoxy groups -OCH3 is 1. The molecule has 0 spiro atoms. The van der Waals surface area contributed by atoms with Gasteiger partial charge < -0.3 is 19.5 Å². The van der Waals surface area contributed by atoms with E-state index in [-0.39, 0.29) is 0 Å². The molecule has 0 radical (unpaired) electrons. The lowest BCUT2D eigenvalue weighted by Gasteiger charge is -2.26. The third-order valence-corrected chi connectivity index (χ3v) is 7.65. The quantitative estimate of drug-likeness (QED) is 0.188. The normalized spacial score (nSPS) is 13.8. The third-order valence-electron chi connectivity index (χ3n) is 7.12. The van der Waals surface area contributed by atoms with Gasteiger partial charge in [0.15, 0.2) is 11.5 Å². The Morgan fingerprint density at radius 3 is 2.69 bits per heavy atom. The molecule has 0 amide bonds. The molecule has 1 aliphatic heterocycles. The molecule has 1 N–H and O–H groups in total. The van der Waals surface area contributed by atoms with Crippen LogP contribution in [-0.4, -0.2) is 76.4 Å². The maximum absolute atomic E-state index is 6.17. The molecule has 1 fully saturated rings. The topological polar surface area (TPSA) is 99.5 Å². The van der Waals surface area contributed by atoms with Crippen LogP contribution in [0.5, 0.6) is 11.5 Å². The number of aromatic nitrogens is 5. The van der Waals surface area contributed by atoms with E-state index in [0.717, 1.165) is 77.2 Å². The summed E-state index contributed by atoms with van der Waals surface area (Å²) in [7, 11) is 1.64. The summed E-state index contributed by atoms with van der Waals surface area (Å²) in [6, 6.07) is 20.1. The zero-order valence-corrected chi connectivity index (χ0v) is 25.0. The number of benzene rings is 3. The van der Waals surface area contributed by atoms with Crippen LogP contribution in [0.3, 0.4) is 0 Å². The van der Waals surface area contributed by atoms with E-state index in [1.165, 1.54) is 0 Å². The largest absolute Gasteiger partial charge is 0.493 e. The first-order valence-corrected chi connectivity index (χ1v) is 14.7. The first-order chi connectivity index (χ1) is 20.6. The van der Waals surface area contributed by atoms with E-state index in [2.05, 4.69) is 58.6 Å². The molecule has 1 saturated heterocycles. The summed E-state index contributed by atoms with van der Waals surface area (Å²) in [6.45, 7) is 5.74. The molecular formula is C31H32BrN7O3. The van der Waals surface area contributed by atoms with Crippen LogP contribution >= 0.6 is 15.9 Å². The van der Waals surface area contributed by atoms with Gasteiger partial charge in [0.2, 0.25) is 0 Å². The Bertz CT molecular complexity index is 1640. The molecule has 0 aliphatic carbocycles. The summed E-state index contributed by atoms with van der Waals surface area (Å²) in [5.41, 5.74) is 4.53. The molecule has 0 saturated carbocycles. The smallest absolute Gasteiger partial charge is 0.162 e. The predicted octanol–water partition coefficient (Wildman–Crippen LogP) is 5.55. The van der Waals surface area contributed by atoms with Gasteiger partial charge in [0.25, 0.3) is 0 Å². The number of anilines is 2. The van der Waals surface area contributed by atoms with Crippen molar-refractivity contribution >= 4 is 38.3 Å². The van der Waals surface area contributed by atoms with Gasteiger partial charge in [0.1, 0.15) is 17.8 Å². The Kier molecular flexibility index (Phi) is 8.88. The average molecular weight is 631 g/mol. The number of morpholine rings is 1. The van der Waals surface area contributed by atoms with Gasteiger partial charge in [-0.15, -0.1) is 5.10 Å². The first-order valence-electron chi connectivity index (χ1n) is 13.9. The van der Waals surface area contributed by atoms with Crippen LogP contribution in [-0.2, 0) is 11.3 Å². The van der Waals surface area contributed by atoms with Crippen LogP contribution < -0.4 is 14.8 Å². The standard InChI is InChI=1S/C31H32BrN7O3/c1-40-29-18-27-26(17-30(29)42-13-3-10-38-11-14-41-15-12-38)31(34-21-33-27)35-25-5-2-4-23(16-25)28-20-39(37-36-28)19-22-6-8-24(32)9-7-22/h2,4-9,16-18,20-21H,3,10-15,19H2,1H3,(H,33,34,35). The van der Waals surface area contributed by atoms with Crippen molar-refractivity contribution in [2.75, 3.05) is 51.9 Å². The van der Waals surface area contributed by atoms with Crippen molar-refractivity contribution in [2.45, 2.75) is 13.0 Å². The van der Waals surface area contributed by atoms with Crippen LogP contribution in [0.25, 0.3) is 22.2 Å². The molecule has 5 aromatic rings. The SMILES string of the molecule is COc1cc2ncnc(Nc3cccc(-c4cn(Cc5ccc(Br)cc5)nn4)c3)c2cc1OCCCN1CCOCC1. The van der Waals surface area contributed by atoms with Crippen LogP contribution in [0.15, 0.2) is 77.7 Å². The molecule has 1 aliphatic rings. The third kappa shape index (κ3) is 6.87. The summed E-state index contributed by atoms with van der Waals surface area (Å²) in [5.74, 6) is 1.99. The molecule has 11 heteroatoms. The Balaban J connectivity index is 1.17. The fraction of sp³-hybridized carbons (Fsp3) is 0.290. The Labute approximate surface area is 252 Å². The maximum atomic E-state index is 6.17. The number of halogens is 1. The van der Waals surface area contributed by atoms with Gasteiger partial charge in [-0.3, -0.25) is 4.90 Å². The van der Waals surface area contributed by atoms with E-state index in [9.17, 15) is 0 Å². The highest BCUT2D eigenvalue weighted by Crippen LogP contribution is 2.35. The minimum atomic E-state index is 0.584. The van der Waals surface area contributed by atoms with E-state index < -0.39 is 0 Å². The average Bonchev–Trinajstić information content (AvgIpc) is 3.49. The molecule has 0 atom stereocenters. The maximum Gasteiger partial charge on any atom is 0.162 e. The van der Waals surface area contributed by atoms with Gasteiger partial charge in [-0.05, 0) is 42.3 Å². The summed E-state index contributed by atoms with van der Waals surface area (Å²) in [4.78, 5) is 11.4. The fourth-order valence-electron chi connectivity index (χ4n) is 4.91. The molecular weight excluding hydrogens is 598 g/mol. The molecule has 0 bridgehead atoms. The summed E-state index contributed by atoms with van der Waals surface area (Å²) in [6.07, 6.45) is 4.42. The van der Waals surface area contributed by atoms with Gasteiger partial charge in [0, 0.05) is 46.8 Å². The Hall–Kier alpha value is -4.06. The number of nitrogens with one attached hydrogen (secondary N) is 1. The highest BCUT2D eigenvalue weighted by Gasteiger charge is 2.14. The van der Waals surface area contributed by atoms with Gasteiger partial charge in [-0.2, -0.15) is 0 Å². The van der Waals surface area contributed by atoms with E-state index in [1.807, 2.05) is 59.4 Å². The van der Waals surface area contributed by atoms with Gasteiger partial charge in [0.05, 0.1) is 45.2 Å². The monoisotopic (exact) mass is 629 g/mol. The van der Waals surface area contributed by atoms with E-state index in [4.69, 9.17) is 14.2 Å². The fourth-order valence-corrected chi connectivity index (χ4v) is 5.17. The number of rotatable bonds is 11. The molecule has 2 aromatic heterocycles. The Morgan fingerprint density at radius 2 is 1.86 bits per heavy atom. The zero-order chi connectivity index (χ0) is 28.7. The van der Waals surface area contributed by atoms with Gasteiger partial charge in [-0.1, -0.05) is 45.4 Å². The molecule has 10 nitrogen and oxygen atoms in total. The van der Waals surface area contributed by atoms with E-state index >= 15 is 0 Å². The number of hydrogen-bond acceptors (Lipinski definition) is 9. The van der Waals surface area contributed by atoms with Gasteiger partial charge in [-0.25, -0.2) is 14.6 Å². The second-order valence-electron chi connectivity index (χ2n) is 10.0. The molecule has 6 rings (SSSR count). The van der Waals surface area contributed by atoms with E-state index in [1.54, 1.807) is 13.4 Å². The van der Waals surface area contributed by atoms with Gasteiger partial charge >= 0.3 is 0 Å². The number of fused-ring (bicyclic) bond motifs is 1. The first kappa shape index (κ1) is 28.1. The predicted molar refractivity (Wildman–Crippen MR) is 165 cm³/mol. The van der Waals surface area contributed by atoms with Crippen molar-refractivity contribution in [3.63, 3.8) is 0 Å². The summed E-state index contributed by atoms with van der Waals surface area (Å²) in [5, 5.41) is 13.0. The van der Waals surface area contributed by atoms with Crippen molar-refractivity contribution in [1.82, 2.24) is 29.9 Å². The highest BCUT2D eigenvalue weighted by atomic mass is 79.9. The minimum Gasteiger partial charge on any atom is -0.493 e. The lowest BCUT2D eigenvalue weighted by molar-refractivity contribution is 0.0357. The zero-order valence-electron chi connectivity index (χ0n) is 23.4. The van der Waals surface area contributed by atoms with Crippen LogP contribution in [0.2, 0.25) is 0 Å². The van der Waals surface area contributed by atoms with Crippen molar-refractivity contribution in [2.24, 2.45) is 0 Å². The lowest BCUT2D eigenvalue weighted by Crippen LogP contribution is -2.37. The number of nitrogens with zero attached hydrogens (tertiary/aromatic N) is 6. The second-order valence-corrected chi connectivity index (χ2v) is 10.9. The van der Waals surface area contributed by atoms with Crippen LogP contribution in [0, 0.1) is 0 Å². The lowest BCUT2D eigenvalue weighted by atomic mass is 10.1. The molecule has 216 valence electrons. The molecule has 42 heavy (non-hydrogen) atoms. The minimum absolute atomic E-state index is 0.584. The molecule has 3 aromatic carbocycles. The van der Waals surface area contributed by atoms with Crippen LogP contribution in [0.4, 0.5) is 11.5 Å². The van der Waals surface area contributed by atoms with Crippen molar-refractivity contribution in [1.29, 1.82) is 0 Å². The molecule has 3 heterocycles. The van der Waals surface area contributed by atoms with Crippen LogP contribution in [0.1, 0.15) is 12.0 Å². The second kappa shape index (κ2) is 13.3. The molecule has 0 unspecified atom stereocenters. The summed E-state index contributed by atoms with van der Waals surface area (Å²) >= 11 is 3.48. The Morgan fingerprint density at radius 1 is 1.00 bits per heavy atom. The summed E-state index contributed by atoms with van der Waals surface area (Å²) < 4.78 is 20.1. The number of ether oxygens (including phenoxy) is 3. The van der Waals surface area contributed by atoms with Crippen molar-refractivity contribution < 1.29 is 14.2 Å². The highest BCUT2D eigenvalue weighted by molar-refractivity contribution is 9.10.